The van der Waals surface area contributed by atoms with Crippen LogP contribution in [0.2, 0.25) is 0 Å². The summed E-state index contributed by atoms with van der Waals surface area (Å²) in [5.41, 5.74) is 0.875. The van der Waals surface area contributed by atoms with Crippen LogP contribution in [0.5, 0.6) is 11.5 Å². The van der Waals surface area contributed by atoms with Crippen LogP contribution in [0, 0.1) is 21.4 Å². The topological polar surface area (TPSA) is 122 Å². The smallest absolute Gasteiger partial charge is 0.270 e. The summed E-state index contributed by atoms with van der Waals surface area (Å²) in [7, 11) is -3.69. The molecule has 3 rings (SSSR count). The van der Waals surface area contributed by atoms with Gasteiger partial charge in [0.2, 0.25) is 0 Å². The molecule has 0 fully saturated rings. The third-order valence-corrected chi connectivity index (χ3v) is 5.08. The maximum Gasteiger partial charge on any atom is 0.270 e. The first-order valence-corrected chi connectivity index (χ1v) is 10.2. The summed E-state index contributed by atoms with van der Waals surface area (Å²) in [4.78, 5) is 10.1. The Kier molecular flexibility index (Phi) is 5.47. The number of hydrogen-bond donors (Lipinski definition) is 1. The Balaban J connectivity index is 1.85. The molecular formula is C20H15N3O5S. The van der Waals surface area contributed by atoms with Crippen molar-refractivity contribution in [1.82, 2.24) is 0 Å². The van der Waals surface area contributed by atoms with Gasteiger partial charge in [-0.2, -0.15) is 5.26 Å². The van der Waals surface area contributed by atoms with Crippen molar-refractivity contribution in [3.8, 4) is 17.6 Å². The summed E-state index contributed by atoms with van der Waals surface area (Å²) < 4.78 is 29.8. The van der Waals surface area contributed by atoms with Crippen LogP contribution in [0.1, 0.15) is 5.56 Å². The second-order valence-corrected chi connectivity index (χ2v) is 8.05. The average Bonchev–Trinajstić information content (AvgIpc) is 2.69. The van der Waals surface area contributed by atoms with E-state index in [9.17, 15) is 18.5 Å². The molecule has 1 N–H and O–H groups in total. The van der Waals surface area contributed by atoms with Crippen molar-refractivity contribution in [2.24, 2.45) is 0 Å². The quantitative estimate of drug-likeness (QED) is 0.473. The second kappa shape index (κ2) is 8.00. The van der Waals surface area contributed by atoms with E-state index in [2.05, 4.69) is 11.4 Å². The molecule has 0 saturated carbocycles. The molecule has 0 saturated heterocycles. The molecule has 0 unspecified atom stereocenters. The third-order valence-electron chi connectivity index (χ3n) is 3.94. The van der Waals surface area contributed by atoms with Gasteiger partial charge in [0.25, 0.3) is 5.69 Å². The van der Waals surface area contributed by atoms with Crippen LogP contribution in [-0.2, 0) is 9.84 Å². The lowest BCUT2D eigenvalue weighted by Gasteiger charge is -2.12. The lowest BCUT2D eigenvalue weighted by atomic mass is 10.2. The molecule has 0 aromatic heterocycles. The molecule has 0 bridgehead atoms. The van der Waals surface area contributed by atoms with Gasteiger partial charge in [-0.1, -0.05) is 12.1 Å². The number of nitro groups is 1. The van der Waals surface area contributed by atoms with Gasteiger partial charge < -0.3 is 10.1 Å². The van der Waals surface area contributed by atoms with Gasteiger partial charge in [-0.3, -0.25) is 10.1 Å². The molecule has 0 heterocycles. The van der Waals surface area contributed by atoms with Crippen molar-refractivity contribution in [2.45, 2.75) is 4.90 Å². The molecule has 3 aromatic rings. The molecular weight excluding hydrogens is 394 g/mol. The van der Waals surface area contributed by atoms with E-state index < -0.39 is 14.8 Å². The molecule has 0 aliphatic rings. The molecule has 0 atom stereocenters. The SMILES string of the molecule is CS(=O)(=O)c1cc([N+](=O)[O-])ccc1Nc1ccc(Oc2ccccc2C#N)cc1. The minimum absolute atomic E-state index is 0.171. The number of anilines is 2. The van der Waals surface area contributed by atoms with Crippen LogP contribution in [0.4, 0.5) is 17.1 Å². The number of nitrogens with one attached hydrogen (secondary N) is 1. The fourth-order valence-corrected chi connectivity index (χ4v) is 3.42. The summed E-state index contributed by atoms with van der Waals surface area (Å²) in [5, 5.41) is 23.0. The lowest BCUT2D eigenvalue weighted by Crippen LogP contribution is -2.04. The summed E-state index contributed by atoms with van der Waals surface area (Å²) in [6.45, 7) is 0. The highest BCUT2D eigenvalue weighted by Crippen LogP contribution is 2.31. The highest BCUT2D eigenvalue weighted by molar-refractivity contribution is 7.90. The number of rotatable bonds is 6. The highest BCUT2D eigenvalue weighted by Gasteiger charge is 2.18. The van der Waals surface area contributed by atoms with E-state index in [-0.39, 0.29) is 16.3 Å². The molecule has 9 heteroatoms. The minimum Gasteiger partial charge on any atom is -0.456 e. The normalized spacial score (nSPS) is 10.8. The highest BCUT2D eigenvalue weighted by atomic mass is 32.2. The molecule has 8 nitrogen and oxygen atoms in total. The maximum atomic E-state index is 12.0. The van der Waals surface area contributed by atoms with E-state index in [0.717, 1.165) is 12.3 Å². The number of hydrogen-bond acceptors (Lipinski definition) is 7. The number of benzene rings is 3. The fraction of sp³-hybridized carbons (Fsp3) is 0.0500. The molecule has 0 spiro atoms. The number of nitrogens with zero attached hydrogens (tertiary/aromatic N) is 2. The van der Waals surface area contributed by atoms with Gasteiger partial charge in [0.1, 0.15) is 17.6 Å². The zero-order valence-corrected chi connectivity index (χ0v) is 16.0. The first-order valence-electron chi connectivity index (χ1n) is 8.30. The van der Waals surface area contributed by atoms with Crippen LogP contribution in [0.25, 0.3) is 0 Å². The van der Waals surface area contributed by atoms with E-state index in [1.807, 2.05) is 0 Å². The largest absolute Gasteiger partial charge is 0.456 e. The van der Waals surface area contributed by atoms with E-state index >= 15 is 0 Å². The molecule has 3 aromatic carbocycles. The van der Waals surface area contributed by atoms with Crippen molar-refractivity contribution < 1.29 is 18.1 Å². The Hall–Kier alpha value is -3.90. The Labute approximate surface area is 167 Å². The van der Waals surface area contributed by atoms with Crippen LogP contribution >= 0.6 is 0 Å². The monoisotopic (exact) mass is 409 g/mol. The Bertz CT molecular complexity index is 1220. The molecule has 0 amide bonds. The second-order valence-electron chi connectivity index (χ2n) is 6.07. The van der Waals surface area contributed by atoms with Crippen LogP contribution in [0.15, 0.2) is 71.6 Å². The number of non-ortho nitro benzene ring substituents is 1. The van der Waals surface area contributed by atoms with Gasteiger partial charge in [-0.05, 0) is 42.5 Å². The van der Waals surface area contributed by atoms with Crippen LogP contribution in [-0.4, -0.2) is 19.6 Å². The summed E-state index contributed by atoms with van der Waals surface area (Å²) in [6.07, 6.45) is 0.987. The van der Waals surface area contributed by atoms with Crippen LogP contribution < -0.4 is 10.1 Å². The Morgan fingerprint density at radius 1 is 1.07 bits per heavy atom. The Morgan fingerprint density at radius 2 is 1.76 bits per heavy atom. The van der Waals surface area contributed by atoms with E-state index in [1.165, 1.54) is 12.1 Å². The van der Waals surface area contributed by atoms with E-state index in [0.29, 0.717) is 22.7 Å². The molecule has 0 radical (unpaired) electrons. The van der Waals surface area contributed by atoms with Gasteiger partial charge in [-0.15, -0.1) is 0 Å². The maximum absolute atomic E-state index is 12.0. The number of sulfone groups is 1. The zero-order valence-electron chi connectivity index (χ0n) is 15.2. The molecule has 0 aliphatic carbocycles. The molecule has 29 heavy (non-hydrogen) atoms. The first kappa shape index (κ1) is 19.9. The summed E-state index contributed by atoms with van der Waals surface area (Å²) in [6, 6.07) is 19.1. The molecule has 146 valence electrons. The van der Waals surface area contributed by atoms with Gasteiger partial charge >= 0.3 is 0 Å². The van der Waals surface area contributed by atoms with Gasteiger partial charge in [-0.25, -0.2) is 8.42 Å². The number of nitriles is 1. The van der Waals surface area contributed by atoms with E-state index in [4.69, 9.17) is 10.00 Å². The number of ether oxygens (including phenoxy) is 1. The Morgan fingerprint density at radius 3 is 2.38 bits per heavy atom. The van der Waals surface area contributed by atoms with Crippen molar-refractivity contribution >= 4 is 26.9 Å². The van der Waals surface area contributed by atoms with Gasteiger partial charge in [0, 0.05) is 24.1 Å². The predicted molar refractivity (Wildman–Crippen MR) is 107 cm³/mol. The zero-order chi connectivity index (χ0) is 21.0. The standard InChI is InChI=1S/C20H15N3O5S/c1-29(26,27)20-12-16(23(24)25)8-11-18(20)22-15-6-9-17(10-7-15)28-19-5-3-2-4-14(19)13-21/h2-12,22H,1H3. The van der Waals surface area contributed by atoms with Gasteiger partial charge in [0.05, 0.1) is 21.1 Å². The number of para-hydroxylation sites is 1. The van der Waals surface area contributed by atoms with Crippen molar-refractivity contribution in [1.29, 1.82) is 5.26 Å². The lowest BCUT2D eigenvalue weighted by molar-refractivity contribution is -0.385. The van der Waals surface area contributed by atoms with Crippen molar-refractivity contribution in [3.63, 3.8) is 0 Å². The van der Waals surface area contributed by atoms with Crippen molar-refractivity contribution in [3.05, 3.63) is 82.4 Å². The number of nitro benzene ring substituents is 1. The van der Waals surface area contributed by atoms with Crippen LogP contribution in [0.3, 0.4) is 0 Å². The predicted octanol–water partition coefficient (Wildman–Crippen LogP) is 4.41. The van der Waals surface area contributed by atoms with E-state index in [1.54, 1.807) is 48.5 Å². The minimum atomic E-state index is -3.69. The third kappa shape index (κ3) is 4.69. The molecule has 0 aliphatic heterocycles. The van der Waals surface area contributed by atoms with Crippen molar-refractivity contribution in [2.75, 3.05) is 11.6 Å². The first-order chi connectivity index (χ1) is 13.8. The summed E-state index contributed by atoms with van der Waals surface area (Å²) >= 11 is 0. The summed E-state index contributed by atoms with van der Waals surface area (Å²) in [5.74, 6) is 0.913. The fourth-order valence-electron chi connectivity index (χ4n) is 2.57. The average molecular weight is 409 g/mol. The van der Waals surface area contributed by atoms with Gasteiger partial charge in [0.15, 0.2) is 9.84 Å².